The van der Waals surface area contributed by atoms with Crippen LogP contribution in [0.25, 0.3) is 0 Å². The van der Waals surface area contributed by atoms with Crippen molar-refractivity contribution in [2.75, 3.05) is 38.3 Å². The van der Waals surface area contributed by atoms with Gasteiger partial charge in [-0.2, -0.15) is 0 Å². The number of morpholine rings is 1. The van der Waals surface area contributed by atoms with E-state index < -0.39 is 6.04 Å². The second kappa shape index (κ2) is 7.42. The zero-order valence-corrected chi connectivity index (χ0v) is 12.9. The monoisotopic (exact) mass is 314 g/mol. The van der Waals surface area contributed by atoms with Gasteiger partial charge in [0.2, 0.25) is 5.91 Å². The van der Waals surface area contributed by atoms with Crippen molar-refractivity contribution < 1.29 is 14.3 Å². The minimum Gasteiger partial charge on any atom is -0.490 e. The molecule has 1 N–H and O–H groups in total. The molecule has 1 aliphatic rings. The molecule has 116 valence electrons. The number of carbonyl (C=O) groups excluding carboxylic acids is 1. The molecule has 0 radical (unpaired) electrons. The number of nitrogens with zero attached hydrogens (tertiary/aromatic N) is 3. The number of ether oxygens (including phenoxy) is 2. The van der Waals surface area contributed by atoms with Crippen LogP contribution in [0, 0.1) is 0 Å². The Morgan fingerprint density at radius 3 is 3.14 bits per heavy atom. The molecule has 1 unspecified atom stereocenters. The van der Waals surface area contributed by atoms with Gasteiger partial charge in [-0.1, -0.05) is 18.5 Å². The number of amides is 1. The smallest absolute Gasteiger partial charge is 0.245 e. The van der Waals surface area contributed by atoms with Crippen LogP contribution in [0.2, 0.25) is 5.15 Å². The molecule has 1 saturated heterocycles. The van der Waals surface area contributed by atoms with Crippen LogP contribution in [-0.2, 0) is 9.53 Å². The van der Waals surface area contributed by atoms with Gasteiger partial charge in [0.15, 0.2) is 16.7 Å². The van der Waals surface area contributed by atoms with Crippen molar-refractivity contribution >= 4 is 23.3 Å². The van der Waals surface area contributed by atoms with Crippen LogP contribution in [0.15, 0.2) is 6.33 Å². The molecule has 0 aromatic carbocycles. The van der Waals surface area contributed by atoms with Crippen LogP contribution >= 0.6 is 11.6 Å². The lowest BCUT2D eigenvalue weighted by Crippen LogP contribution is -2.54. The Labute approximate surface area is 128 Å². The summed E-state index contributed by atoms with van der Waals surface area (Å²) >= 11 is 6.03. The lowest BCUT2D eigenvalue weighted by Gasteiger charge is -2.35. The van der Waals surface area contributed by atoms with E-state index in [-0.39, 0.29) is 11.1 Å². The van der Waals surface area contributed by atoms with Gasteiger partial charge in [-0.25, -0.2) is 9.97 Å². The highest BCUT2D eigenvalue weighted by molar-refractivity contribution is 6.31. The molecule has 1 fully saturated rings. The molecule has 2 rings (SSSR count). The molecule has 21 heavy (non-hydrogen) atoms. The van der Waals surface area contributed by atoms with E-state index in [4.69, 9.17) is 21.1 Å². The maximum Gasteiger partial charge on any atom is 0.245 e. The molecular weight excluding hydrogens is 296 g/mol. The van der Waals surface area contributed by atoms with Crippen molar-refractivity contribution in [1.82, 2.24) is 15.3 Å². The number of carbonyl (C=O) groups is 1. The van der Waals surface area contributed by atoms with Gasteiger partial charge in [-0.15, -0.1) is 0 Å². The SMILES string of the molecule is CCCNC(=O)C1COCCN1c1ncnc(Cl)c1OC. The number of halogens is 1. The fourth-order valence-electron chi connectivity index (χ4n) is 2.16. The molecule has 0 bridgehead atoms. The molecule has 1 amide bonds. The molecule has 1 aromatic rings. The molecule has 8 heteroatoms. The lowest BCUT2D eigenvalue weighted by atomic mass is 10.2. The first-order valence-corrected chi connectivity index (χ1v) is 7.23. The number of aromatic nitrogens is 2. The van der Waals surface area contributed by atoms with Crippen LogP contribution in [0.4, 0.5) is 5.82 Å². The third-order valence-electron chi connectivity index (χ3n) is 3.20. The Morgan fingerprint density at radius 2 is 2.43 bits per heavy atom. The first-order chi connectivity index (χ1) is 10.2. The summed E-state index contributed by atoms with van der Waals surface area (Å²) in [6.07, 6.45) is 2.23. The normalized spacial score (nSPS) is 18.4. The number of anilines is 1. The summed E-state index contributed by atoms with van der Waals surface area (Å²) in [6.45, 7) is 3.99. The van der Waals surface area contributed by atoms with Gasteiger partial charge in [-0.3, -0.25) is 4.79 Å². The van der Waals surface area contributed by atoms with E-state index in [1.807, 2.05) is 11.8 Å². The Balaban J connectivity index is 2.26. The van der Waals surface area contributed by atoms with Gasteiger partial charge in [-0.05, 0) is 6.42 Å². The molecule has 1 aliphatic heterocycles. The first-order valence-electron chi connectivity index (χ1n) is 6.85. The van der Waals surface area contributed by atoms with E-state index in [9.17, 15) is 4.79 Å². The first kappa shape index (κ1) is 15.8. The minimum atomic E-state index is -0.454. The minimum absolute atomic E-state index is 0.0895. The quantitative estimate of drug-likeness (QED) is 0.813. The van der Waals surface area contributed by atoms with E-state index in [1.54, 1.807) is 0 Å². The Morgan fingerprint density at radius 1 is 1.62 bits per heavy atom. The van der Waals surface area contributed by atoms with E-state index >= 15 is 0 Å². The van der Waals surface area contributed by atoms with Crippen LogP contribution in [0.1, 0.15) is 13.3 Å². The van der Waals surface area contributed by atoms with Crippen molar-refractivity contribution in [2.24, 2.45) is 0 Å². The highest BCUT2D eigenvalue weighted by atomic mass is 35.5. The Hall–Kier alpha value is -1.60. The van der Waals surface area contributed by atoms with Crippen molar-refractivity contribution in [3.63, 3.8) is 0 Å². The average molecular weight is 315 g/mol. The zero-order valence-electron chi connectivity index (χ0n) is 12.1. The van der Waals surface area contributed by atoms with Crippen LogP contribution in [0.3, 0.4) is 0 Å². The van der Waals surface area contributed by atoms with Gasteiger partial charge >= 0.3 is 0 Å². The largest absolute Gasteiger partial charge is 0.490 e. The highest BCUT2D eigenvalue weighted by Gasteiger charge is 2.32. The van der Waals surface area contributed by atoms with Crippen LogP contribution in [-0.4, -0.2) is 55.3 Å². The third-order valence-corrected chi connectivity index (χ3v) is 3.47. The maximum atomic E-state index is 12.3. The second-order valence-electron chi connectivity index (χ2n) is 4.60. The summed E-state index contributed by atoms with van der Waals surface area (Å²) < 4.78 is 10.7. The van der Waals surface area contributed by atoms with Crippen LogP contribution < -0.4 is 15.0 Å². The molecular formula is C13H19ClN4O3. The van der Waals surface area contributed by atoms with Gasteiger partial charge in [0.1, 0.15) is 12.4 Å². The number of nitrogens with one attached hydrogen (secondary N) is 1. The van der Waals surface area contributed by atoms with E-state index in [1.165, 1.54) is 13.4 Å². The van der Waals surface area contributed by atoms with Crippen LogP contribution in [0.5, 0.6) is 5.75 Å². The summed E-state index contributed by atoms with van der Waals surface area (Å²) in [7, 11) is 1.50. The van der Waals surface area contributed by atoms with Gasteiger partial charge in [0, 0.05) is 13.1 Å². The van der Waals surface area contributed by atoms with Crippen molar-refractivity contribution in [3.05, 3.63) is 11.5 Å². The fraction of sp³-hybridized carbons (Fsp3) is 0.615. The van der Waals surface area contributed by atoms with Gasteiger partial charge in [0.25, 0.3) is 0 Å². The molecule has 1 aromatic heterocycles. The summed E-state index contributed by atoms with van der Waals surface area (Å²) in [5, 5.41) is 3.10. The molecule has 0 aliphatic carbocycles. The molecule has 1 atom stereocenters. The van der Waals surface area contributed by atoms with Crippen molar-refractivity contribution in [1.29, 1.82) is 0 Å². The average Bonchev–Trinajstić information content (AvgIpc) is 2.52. The van der Waals surface area contributed by atoms with Gasteiger partial charge in [0.05, 0.1) is 20.3 Å². The zero-order chi connectivity index (χ0) is 15.2. The lowest BCUT2D eigenvalue weighted by molar-refractivity contribution is -0.124. The third kappa shape index (κ3) is 3.54. The van der Waals surface area contributed by atoms with E-state index in [0.717, 1.165) is 6.42 Å². The van der Waals surface area contributed by atoms with Crippen molar-refractivity contribution in [3.8, 4) is 5.75 Å². The summed E-state index contributed by atoms with van der Waals surface area (Å²) in [4.78, 5) is 22.2. The highest BCUT2D eigenvalue weighted by Crippen LogP contribution is 2.33. The predicted molar refractivity (Wildman–Crippen MR) is 78.8 cm³/mol. The second-order valence-corrected chi connectivity index (χ2v) is 4.95. The Kier molecular flexibility index (Phi) is 5.58. The standard InChI is InChI=1S/C13H19ClN4O3/c1-3-4-15-13(19)9-7-21-6-5-18(9)12-10(20-2)11(14)16-8-17-12/h8-9H,3-7H2,1-2H3,(H,15,19). The summed E-state index contributed by atoms with van der Waals surface area (Å²) in [6, 6.07) is -0.454. The number of hydrogen-bond donors (Lipinski definition) is 1. The number of methoxy groups -OCH3 is 1. The molecule has 0 spiro atoms. The molecule has 2 heterocycles. The fourth-order valence-corrected chi connectivity index (χ4v) is 2.37. The van der Waals surface area contributed by atoms with Crippen molar-refractivity contribution in [2.45, 2.75) is 19.4 Å². The molecule has 7 nitrogen and oxygen atoms in total. The Bertz CT molecular complexity index is 500. The summed E-state index contributed by atoms with van der Waals surface area (Å²) in [5.74, 6) is 0.792. The number of rotatable bonds is 5. The molecule has 0 saturated carbocycles. The van der Waals surface area contributed by atoms with E-state index in [2.05, 4.69) is 15.3 Å². The topological polar surface area (TPSA) is 76.6 Å². The maximum absolute atomic E-state index is 12.3. The van der Waals surface area contributed by atoms with Gasteiger partial charge < -0.3 is 19.7 Å². The summed E-state index contributed by atoms with van der Waals surface area (Å²) in [5.41, 5.74) is 0. The van der Waals surface area contributed by atoms with E-state index in [0.29, 0.717) is 37.9 Å². The number of hydrogen-bond acceptors (Lipinski definition) is 6. The predicted octanol–water partition coefficient (Wildman–Crippen LogP) is 0.870.